The van der Waals surface area contributed by atoms with Gasteiger partial charge in [0.05, 0.1) is 25.9 Å². The Morgan fingerprint density at radius 2 is 1.91 bits per heavy atom. The average molecular weight is 486 g/mol. The van der Waals surface area contributed by atoms with Crippen molar-refractivity contribution in [1.82, 2.24) is 10.2 Å². The van der Waals surface area contributed by atoms with Crippen molar-refractivity contribution in [3.63, 3.8) is 0 Å². The molecule has 2 aromatic carbocycles. The van der Waals surface area contributed by atoms with Crippen LogP contribution >= 0.6 is 24.0 Å². The lowest BCUT2D eigenvalue weighted by atomic mass is 9.84. The molecule has 2 saturated heterocycles. The minimum absolute atomic E-state index is 0. The van der Waals surface area contributed by atoms with E-state index in [1.165, 1.54) is 0 Å². The molecule has 1 aromatic heterocycles. The van der Waals surface area contributed by atoms with Crippen molar-refractivity contribution >= 4 is 52.1 Å². The van der Waals surface area contributed by atoms with Crippen molar-refractivity contribution in [3.8, 4) is 0 Å². The second kappa shape index (κ2) is 9.70. The molecule has 2 fully saturated rings. The molecule has 0 aliphatic carbocycles. The van der Waals surface area contributed by atoms with Gasteiger partial charge in [0.1, 0.15) is 0 Å². The number of nitrogens with one attached hydrogen (secondary N) is 1. The fraction of sp³-hybridized carbons (Fsp3) is 0.375. The molecule has 2 aliphatic heterocycles. The van der Waals surface area contributed by atoms with Gasteiger partial charge in [-0.25, -0.2) is 4.85 Å². The Morgan fingerprint density at radius 1 is 1.15 bits per heavy atom. The molecule has 0 saturated carbocycles. The number of rotatable bonds is 4. The van der Waals surface area contributed by atoms with Crippen LogP contribution in [0.15, 0.2) is 36.4 Å². The third-order valence-electron chi connectivity index (χ3n) is 6.41. The summed E-state index contributed by atoms with van der Waals surface area (Å²) in [7, 11) is 0. The summed E-state index contributed by atoms with van der Waals surface area (Å²) in [6.45, 7) is 12.4. The van der Waals surface area contributed by atoms with Gasteiger partial charge < -0.3 is 20.1 Å². The molecule has 0 spiro atoms. The van der Waals surface area contributed by atoms with E-state index in [1.54, 1.807) is 0 Å². The van der Waals surface area contributed by atoms with Gasteiger partial charge in [0.2, 0.25) is 0 Å². The van der Waals surface area contributed by atoms with Crippen LogP contribution in [-0.4, -0.2) is 47.7 Å². The van der Waals surface area contributed by atoms with E-state index in [1.807, 2.05) is 43.3 Å². The summed E-state index contributed by atoms with van der Waals surface area (Å²) in [5.41, 5.74) is 2.63. The van der Waals surface area contributed by atoms with Crippen molar-refractivity contribution in [2.24, 2.45) is 11.8 Å². The smallest absolute Gasteiger partial charge is 0.188 e. The molecular weight excluding hydrogens is 461 g/mol. The maximum atomic E-state index is 10.5. The SMILES string of the molecule is Cl.[C-]#[N+]c1ccc2c(N3CC4COCC(C3)C4O)nnc(NCc3ccc(C)c(Cl)c3)c2c1. The fourth-order valence-electron chi connectivity index (χ4n) is 4.58. The van der Waals surface area contributed by atoms with Gasteiger partial charge in [-0.05, 0) is 30.2 Å². The van der Waals surface area contributed by atoms with Crippen LogP contribution in [0.5, 0.6) is 0 Å². The van der Waals surface area contributed by atoms with Crippen LogP contribution in [0.4, 0.5) is 17.3 Å². The first-order chi connectivity index (χ1) is 15.5. The van der Waals surface area contributed by atoms with Crippen molar-refractivity contribution in [2.75, 3.05) is 36.5 Å². The maximum Gasteiger partial charge on any atom is 0.188 e. The average Bonchev–Trinajstić information content (AvgIpc) is 2.79. The van der Waals surface area contributed by atoms with E-state index in [-0.39, 0.29) is 30.3 Å². The molecule has 172 valence electrons. The van der Waals surface area contributed by atoms with Crippen LogP contribution in [0.25, 0.3) is 15.6 Å². The molecule has 2 bridgehead atoms. The van der Waals surface area contributed by atoms with Crippen LogP contribution in [0, 0.1) is 25.3 Å². The molecule has 0 radical (unpaired) electrons. The quantitative estimate of drug-likeness (QED) is 0.525. The molecule has 33 heavy (non-hydrogen) atoms. The predicted octanol–water partition coefficient (Wildman–Crippen LogP) is 4.62. The Kier molecular flexibility index (Phi) is 6.91. The number of aryl methyl sites for hydroxylation is 1. The monoisotopic (exact) mass is 485 g/mol. The predicted molar refractivity (Wildman–Crippen MR) is 133 cm³/mol. The van der Waals surface area contributed by atoms with E-state index in [4.69, 9.17) is 22.9 Å². The molecular formula is C24H25Cl2N5O2. The molecule has 0 amide bonds. The number of anilines is 2. The number of hydrogen-bond acceptors (Lipinski definition) is 6. The Morgan fingerprint density at radius 3 is 2.61 bits per heavy atom. The summed E-state index contributed by atoms with van der Waals surface area (Å²) in [6, 6.07) is 11.6. The topological polar surface area (TPSA) is 74.9 Å². The largest absolute Gasteiger partial charge is 0.392 e. The van der Waals surface area contributed by atoms with Gasteiger partial charge in [0.15, 0.2) is 17.3 Å². The zero-order valence-corrected chi connectivity index (χ0v) is 19.7. The van der Waals surface area contributed by atoms with Gasteiger partial charge in [0, 0.05) is 47.3 Å². The highest BCUT2D eigenvalue weighted by Crippen LogP contribution is 2.36. The van der Waals surface area contributed by atoms with Gasteiger partial charge in [-0.1, -0.05) is 35.9 Å². The third kappa shape index (κ3) is 4.57. The number of aliphatic hydroxyl groups excluding tert-OH is 1. The van der Waals surface area contributed by atoms with Crippen molar-refractivity contribution in [3.05, 3.63) is 64.0 Å². The molecule has 3 heterocycles. The number of benzene rings is 2. The third-order valence-corrected chi connectivity index (χ3v) is 6.82. The highest BCUT2D eigenvalue weighted by molar-refractivity contribution is 6.31. The van der Waals surface area contributed by atoms with Gasteiger partial charge in [-0.3, -0.25) is 0 Å². The number of ether oxygens (including phenoxy) is 1. The molecule has 5 rings (SSSR count). The molecule has 3 aromatic rings. The number of aromatic nitrogens is 2. The summed E-state index contributed by atoms with van der Waals surface area (Å²) in [4.78, 5) is 5.79. The van der Waals surface area contributed by atoms with Gasteiger partial charge in [-0.15, -0.1) is 22.6 Å². The van der Waals surface area contributed by atoms with E-state index >= 15 is 0 Å². The number of aliphatic hydroxyl groups is 1. The van der Waals surface area contributed by atoms with E-state index < -0.39 is 0 Å². The Labute approximate surface area is 203 Å². The minimum Gasteiger partial charge on any atom is -0.392 e. The van der Waals surface area contributed by atoms with E-state index in [9.17, 15) is 5.11 Å². The van der Waals surface area contributed by atoms with Crippen LogP contribution in [-0.2, 0) is 11.3 Å². The second-order valence-electron chi connectivity index (χ2n) is 8.60. The Balaban J connectivity index is 0.00000259. The highest BCUT2D eigenvalue weighted by Gasteiger charge is 2.40. The van der Waals surface area contributed by atoms with Crippen LogP contribution in [0.1, 0.15) is 11.1 Å². The first kappa shape index (κ1) is 23.5. The summed E-state index contributed by atoms with van der Waals surface area (Å²) < 4.78 is 5.64. The molecule has 2 N–H and O–H groups in total. The maximum absolute atomic E-state index is 10.5. The standard InChI is InChI=1S/C24H24ClN5O2.ClH/c1-14-3-4-15(7-21(14)25)9-27-23-20-8-18(26-2)5-6-19(20)24(29-28-23)30-10-16-12-32-13-17(11-30)22(16)31;/h3-8,16-17,22,31H,9-13H2,1H3,(H,27,28);1H. The number of nitrogens with zero attached hydrogens (tertiary/aromatic N) is 4. The Hall–Kier alpha value is -2.63. The summed E-state index contributed by atoms with van der Waals surface area (Å²) in [5.74, 6) is 1.53. The van der Waals surface area contributed by atoms with Crippen molar-refractivity contribution < 1.29 is 9.84 Å². The lowest BCUT2D eigenvalue weighted by molar-refractivity contribution is -0.0870. The number of piperidine rings is 1. The van der Waals surface area contributed by atoms with Gasteiger partial charge in [0.25, 0.3) is 0 Å². The highest BCUT2D eigenvalue weighted by atomic mass is 35.5. The molecule has 7 nitrogen and oxygen atoms in total. The lowest BCUT2D eigenvalue weighted by Crippen LogP contribution is -2.55. The lowest BCUT2D eigenvalue weighted by Gasteiger charge is -2.45. The van der Waals surface area contributed by atoms with Crippen LogP contribution < -0.4 is 10.2 Å². The molecule has 2 aliphatic rings. The number of hydrogen-bond donors (Lipinski definition) is 2. The zero-order valence-electron chi connectivity index (χ0n) is 18.2. The number of fused-ring (bicyclic) bond motifs is 3. The van der Waals surface area contributed by atoms with Gasteiger partial charge in [-0.2, -0.15) is 0 Å². The van der Waals surface area contributed by atoms with Crippen LogP contribution in [0.2, 0.25) is 5.02 Å². The molecule has 9 heteroatoms. The normalized spacial score (nSPS) is 21.9. The van der Waals surface area contributed by atoms with Crippen LogP contribution in [0.3, 0.4) is 0 Å². The molecule has 2 atom stereocenters. The Bertz CT molecular complexity index is 1200. The van der Waals surface area contributed by atoms with Crippen molar-refractivity contribution in [1.29, 1.82) is 0 Å². The van der Waals surface area contributed by atoms with Crippen molar-refractivity contribution in [2.45, 2.75) is 19.6 Å². The van der Waals surface area contributed by atoms with E-state index in [2.05, 4.69) is 25.3 Å². The second-order valence-corrected chi connectivity index (χ2v) is 9.01. The van der Waals surface area contributed by atoms with Gasteiger partial charge >= 0.3 is 0 Å². The number of halogens is 2. The summed E-state index contributed by atoms with van der Waals surface area (Å²) >= 11 is 6.27. The first-order valence-electron chi connectivity index (χ1n) is 10.7. The summed E-state index contributed by atoms with van der Waals surface area (Å²) in [5, 5.41) is 25.4. The molecule has 2 unspecified atom stereocenters. The fourth-order valence-corrected chi connectivity index (χ4v) is 4.79. The minimum atomic E-state index is -0.338. The zero-order chi connectivity index (χ0) is 22.2. The van der Waals surface area contributed by atoms with E-state index in [0.717, 1.165) is 32.7 Å². The summed E-state index contributed by atoms with van der Waals surface area (Å²) in [6.07, 6.45) is -0.338. The van der Waals surface area contributed by atoms with E-state index in [0.29, 0.717) is 44.4 Å². The first-order valence-corrected chi connectivity index (χ1v) is 11.1.